The van der Waals surface area contributed by atoms with Gasteiger partial charge in [-0.2, -0.15) is 0 Å². The molecule has 0 aromatic heterocycles. The molecule has 0 fully saturated rings. The Morgan fingerprint density at radius 3 is 2.00 bits per heavy atom. The van der Waals surface area contributed by atoms with Crippen LogP contribution in [0.3, 0.4) is 0 Å². The lowest BCUT2D eigenvalue weighted by atomic mass is 10.2. The van der Waals surface area contributed by atoms with Crippen molar-refractivity contribution in [3.63, 3.8) is 0 Å². The standard InChI is InChI=1S/C7H6F3N.ClH/c8-5-2-7(10)6(9)1-4(5)3-11;/h1-2H,3,11H2;1H. The summed E-state index contributed by atoms with van der Waals surface area (Å²) in [5.41, 5.74) is 5.02. The lowest BCUT2D eigenvalue weighted by molar-refractivity contribution is 0.490. The lowest BCUT2D eigenvalue weighted by Gasteiger charge is -1.99. The summed E-state index contributed by atoms with van der Waals surface area (Å²) in [6, 6.07) is 1.24. The van der Waals surface area contributed by atoms with Crippen LogP contribution >= 0.6 is 12.4 Å². The summed E-state index contributed by atoms with van der Waals surface area (Å²) in [6.07, 6.45) is 0. The SMILES string of the molecule is Cl.NCc1cc(F)c(F)cc1F. The summed E-state index contributed by atoms with van der Waals surface area (Å²) in [6.45, 7) is -0.136. The van der Waals surface area contributed by atoms with Crippen molar-refractivity contribution in [1.82, 2.24) is 0 Å². The molecule has 1 aromatic carbocycles. The summed E-state index contributed by atoms with van der Waals surface area (Å²) >= 11 is 0. The predicted octanol–water partition coefficient (Wildman–Crippen LogP) is 1.98. The molecule has 0 aliphatic heterocycles. The molecule has 0 aliphatic carbocycles. The van der Waals surface area contributed by atoms with Gasteiger partial charge in [-0.15, -0.1) is 12.4 Å². The normalized spacial score (nSPS) is 9.33. The van der Waals surface area contributed by atoms with Crippen LogP contribution in [0.25, 0.3) is 0 Å². The first-order valence-electron chi connectivity index (χ1n) is 2.98. The molecule has 0 bridgehead atoms. The van der Waals surface area contributed by atoms with E-state index in [1.165, 1.54) is 0 Å². The quantitative estimate of drug-likeness (QED) is 0.685. The summed E-state index contributed by atoms with van der Waals surface area (Å²) < 4.78 is 37.1. The third kappa shape index (κ3) is 2.12. The van der Waals surface area contributed by atoms with Gasteiger partial charge >= 0.3 is 0 Å². The van der Waals surface area contributed by atoms with Crippen molar-refractivity contribution in [2.24, 2.45) is 5.73 Å². The Kier molecular flexibility index (Phi) is 4.06. The zero-order valence-corrected chi connectivity index (χ0v) is 6.80. The number of rotatable bonds is 1. The molecule has 0 heterocycles. The first-order chi connectivity index (χ1) is 5.15. The van der Waals surface area contributed by atoms with E-state index in [2.05, 4.69) is 0 Å². The van der Waals surface area contributed by atoms with Gasteiger partial charge in [0, 0.05) is 18.2 Å². The summed E-state index contributed by atoms with van der Waals surface area (Å²) in [5.74, 6) is -3.09. The molecule has 0 spiro atoms. The van der Waals surface area contributed by atoms with E-state index < -0.39 is 17.5 Å². The largest absolute Gasteiger partial charge is 0.326 e. The van der Waals surface area contributed by atoms with Gasteiger partial charge in [-0.05, 0) is 6.07 Å². The Labute approximate surface area is 73.8 Å². The zero-order chi connectivity index (χ0) is 8.43. The van der Waals surface area contributed by atoms with Crippen LogP contribution in [-0.2, 0) is 6.54 Å². The van der Waals surface area contributed by atoms with Crippen LogP contribution in [0.5, 0.6) is 0 Å². The molecule has 1 rings (SSSR count). The molecule has 0 unspecified atom stereocenters. The van der Waals surface area contributed by atoms with Gasteiger partial charge in [0.25, 0.3) is 0 Å². The highest BCUT2D eigenvalue weighted by Crippen LogP contribution is 2.12. The average Bonchev–Trinajstić information content (AvgIpc) is 1.97. The van der Waals surface area contributed by atoms with Crippen LogP contribution in [0.4, 0.5) is 13.2 Å². The van der Waals surface area contributed by atoms with E-state index in [0.717, 1.165) is 6.07 Å². The van der Waals surface area contributed by atoms with Gasteiger partial charge in [0.2, 0.25) is 0 Å². The molecule has 0 saturated heterocycles. The maximum atomic E-state index is 12.5. The molecule has 5 heteroatoms. The van der Waals surface area contributed by atoms with Gasteiger partial charge in [-0.1, -0.05) is 0 Å². The number of halogens is 4. The van der Waals surface area contributed by atoms with E-state index in [0.29, 0.717) is 6.07 Å². The number of benzene rings is 1. The maximum absolute atomic E-state index is 12.5. The van der Waals surface area contributed by atoms with Crippen LogP contribution in [0.2, 0.25) is 0 Å². The van der Waals surface area contributed by atoms with E-state index in [-0.39, 0.29) is 24.5 Å². The third-order valence-corrected chi connectivity index (χ3v) is 1.31. The van der Waals surface area contributed by atoms with Gasteiger partial charge in [-0.3, -0.25) is 0 Å². The Bertz CT molecular complexity index is 278. The molecule has 2 N–H and O–H groups in total. The van der Waals surface area contributed by atoms with Crippen LogP contribution in [0.1, 0.15) is 5.56 Å². The minimum absolute atomic E-state index is 0. The van der Waals surface area contributed by atoms with Crippen molar-refractivity contribution in [1.29, 1.82) is 0 Å². The van der Waals surface area contributed by atoms with Crippen molar-refractivity contribution in [3.8, 4) is 0 Å². The molecular weight excluding hydrogens is 191 g/mol. The van der Waals surface area contributed by atoms with Gasteiger partial charge < -0.3 is 5.73 Å². The van der Waals surface area contributed by atoms with Gasteiger partial charge in [0.15, 0.2) is 11.6 Å². The number of nitrogens with two attached hydrogens (primary N) is 1. The Balaban J connectivity index is 0.00000121. The molecule has 0 atom stereocenters. The third-order valence-electron chi connectivity index (χ3n) is 1.31. The Hall–Kier alpha value is -0.740. The van der Waals surface area contributed by atoms with Crippen LogP contribution in [0.15, 0.2) is 12.1 Å². The lowest BCUT2D eigenvalue weighted by Crippen LogP contribution is -2.01. The molecule has 68 valence electrons. The Morgan fingerprint density at radius 2 is 1.50 bits per heavy atom. The topological polar surface area (TPSA) is 26.0 Å². The summed E-state index contributed by atoms with van der Waals surface area (Å²) in [4.78, 5) is 0. The Morgan fingerprint density at radius 1 is 1.00 bits per heavy atom. The van der Waals surface area contributed by atoms with E-state index in [4.69, 9.17) is 5.73 Å². The van der Waals surface area contributed by atoms with Crippen molar-refractivity contribution in [3.05, 3.63) is 35.1 Å². The first-order valence-corrected chi connectivity index (χ1v) is 2.98. The summed E-state index contributed by atoms with van der Waals surface area (Å²) in [7, 11) is 0. The van der Waals surface area contributed by atoms with Crippen molar-refractivity contribution in [2.75, 3.05) is 0 Å². The van der Waals surface area contributed by atoms with Crippen LogP contribution in [0, 0.1) is 17.5 Å². The molecule has 0 amide bonds. The molecule has 1 aromatic rings. The second-order valence-electron chi connectivity index (χ2n) is 2.06. The van der Waals surface area contributed by atoms with Crippen molar-refractivity contribution < 1.29 is 13.2 Å². The molecule has 0 saturated carbocycles. The average molecular weight is 198 g/mol. The fraction of sp³-hybridized carbons (Fsp3) is 0.143. The van der Waals surface area contributed by atoms with Gasteiger partial charge in [-0.25, -0.2) is 13.2 Å². The van der Waals surface area contributed by atoms with Crippen molar-refractivity contribution >= 4 is 12.4 Å². The molecule has 0 aliphatic rings. The van der Waals surface area contributed by atoms with Crippen LogP contribution in [-0.4, -0.2) is 0 Å². The van der Waals surface area contributed by atoms with E-state index in [1.807, 2.05) is 0 Å². The smallest absolute Gasteiger partial charge is 0.161 e. The predicted molar refractivity (Wildman–Crippen MR) is 41.5 cm³/mol. The monoisotopic (exact) mass is 197 g/mol. The minimum atomic E-state index is -1.19. The van der Waals surface area contributed by atoms with Crippen LogP contribution < -0.4 is 5.73 Å². The van der Waals surface area contributed by atoms with Crippen molar-refractivity contribution in [2.45, 2.75) is 6.54 Å². The number of hydrogen-bond acceptors (Lipinski definition) is 1. The fourth-order valence-electron chi connectivity index (χ4n) is 0.720. The minimum Gasteiger partial charge on any atom is -0.326 e. The van der Waals surface area contributed by atoms with E-state index in [9.17, 15) is 13.2 Å². The highest BCUT2D eigenvalue weighted by molar-refractivity contribution is 5.85. The van der Waals surface area contributed by atoms with E-state index in [1.54, 1.807) is 0 Å². The van der Waals surface area contributed by atoms with E-state index >= 15 is 0 Å². The highest BCUT2D eigenvalue weighted by Gasteiger charge is 2.07. The summed E-state index contributed by atoms with van der Waals surface area (Å²) in [5, 5.41) is 0. The molecule has 1 nitrogen and oxygen atoms in total. The highest BCUT2D eigenvalue weighted by atomic mass is 35.5. The molecular formula is C7H7ClF3N. The first kappa shape index (κ1) is 11.3. The van der Waals surface area contributed by atoms with Gasteiger partial charge in [0.1, 0.15) is 5.82 Å². The number of hydrogen-bond donors (Lipinski definition) is 1. The maximum Gasteiger partial charge on any atom is 0.161 e. The zero-order valence-electron chi connectivity index (χ0n) is 5.98. The van der Waals surface area contributed by atoms with Gasteiger partial charge in [0.05, 0.1) is 0 Å². The molecule has 0 radical (unpaired) electrons. The second kappa shape index (κ2) is 4.33. The second-order valence-corrected chi connectivity index (χ2v) is 2.06. The fourth-order valence-corrected chi connectivity index (χ4v) is 0.720. The molecule has 12 heavy (non-hydrogen) atoms.